The zero-order valence-corrected chi connectivity index (χ0v) is 11.6. The number of hydrogen-bond acceptors (Lipinski definition) is 1. The first-order valence-corrected chi connectivity index (χ1v) is 7.04. The summed E-state index contributed by atoms with van der Waals surface area (Å²) in [6.07, 6.45) is 4.79. The molecule has 0 unspecified atom stereocenters. The van der Waals surface area contributed by atoms with Gasteiger partial charge in [0.15, 0.2) is 0 Å². The van der Waals surface area contributed by atoms with Gasteiger partial charge in [0, 0.05) is 10.7 Å². The van der Waals surface area contributed by atoms with Crippen LogP contribution in [0.4, 0.5) is 0 Å². The first-order chi connectivity index (χ1) is 8.74. The molecule has 3 rings (SSSR count). The molecular weight excluding hydrogens is 262 g/mol. The van der Waals surface area contributed by atoms with Crippen LogP contribution in [0.1, 0.15) is 24.0 Å². The lowest BCUT2D eigenvalue weighted by molar-refractivity contribution is 0.683. The van der Waals surface area contributed by atoms with Crippen molar-refractivity contribution in [2.24, 2.45) is 0 Å². The Morgan fingerprint density at radius 1 is 1.11 bits per heavy atom. The topological polar surface area (TPSA) is 15.8 Å². The average molecular weight is 276 g/mol. The summed E-state index contributed by atoms with van der Waals surface area (Å²) in [7, 11) is 0. The van der Waals surface area contributed by atoms with Crippen LogP contribution in [0, 0.1) is 4.64 Å². The van der Waals surface area contributed by atoms with E-state index in [1.54, 1.807) is 0 Å². The quantitative estimate of drug-likeness (QED) is 0.729. The van der Waals surface area contributed by atoms with Gasteiger partial charge in [-0.2, -0.15) is 0 Å². The van der Waals surface area contributed by atoms with Crippen molar-refractivity contribution >= 4 is 23.8 Å². The van der Waals surface area contributed by atoms with Crippen LogP contribution in [0.5, 0.6) is 0 Å². The van der Waals surface area contributed by atoms with Crippen LogP contribution in [0.25, 0.3) is 11.3 Å². The zero-order chi connectivity index (χ0) is 12.5. The summed E-state index contributed by atoms with van der Waals surface area (Å²) in [5.41, 5.74) is 5.10. The first kappa shape index (κ1) is 11.9. The lowest BCUT2D eigenvalue weighted by atomic mass is 9.89. The Kier molecular flexibility index (Phi) is 3.23. The van der Waals surface area contributed by atoms with Crippen molar-refractivity contribution in [3.8, 4) is 11.3 Å². The molecule has 0 saturated heterocycles. The number of benzene rings is 1. The summed E-state index contributed by atoms with van der Waals surface area (Å²) >= 11 is 11.4. The maximum absolute atomic E-state index is 6.08. The van der Waals surface area contributed by atoms with E-state index in [2.05, 4.69) is 17.1 Å². The van der Waals surface area contributed by atoms with E-state index in [-0.39, 0.29) is 0 Å². The number of rotatable bonds is 1. The molecular formula is C15H14ClNS. The number of halogens is 1. The SMILES string of the molecule is S=c1cc2c(c(-c3cccc(Cl)c3)[nH]1)CCCC2. The third-order valence-electron chi connectivity index (χ3n) is 3.48. The van der Waals surface area contributed by atoms with Gasteiger partial charge in [-0.05, 0) is 60.6 Å². The normalized spacial score (nSPS) is 14.3. The molecule has 92 valence electrons. The van der Waals surface area contributed by atoms with E-state index in [0.717, 1.165) is 33.8 Å². The minimum absolute atomic E-state index is 0.764. The second-order valence-electron chi connectivity index (χ2n) is 4.73. The molecule has 0 amide bonds. The van der Waals surface area contributed by atoms with E-state index in [1.165, 1.54) is 24.0 Å². The predicted octanol–water partition coefficient (Wildman–Crippen LogP) is 4.94. The van der Waals surface area contributed by atoms with E-state index in [9.17, 15) is 0 Å². The van der Waals surface area contributed by atoms with Crippen molar-refractivity contribution in [2.75, 3.05) is 0 Å². The van der Waals surface area contributed by atoms with Gasteiger partial charge in [-0.3, -0.25) is 0 Å². The van der Waals surface area contributed by atoms with Gasteiger partial charge >= 0.3 is 0 Å². The summed E-state index contributed by atoms with van der Waals surface area (Å²) in [5, 5.41) is 0.764. The van der Waals surface area contributed by atoms with Gasteiger partial charge in [0.2, 0.25) is 0 Å². The molecule has 0 fully saturated rings. The van der Waals surface area contributed by atoms with Gasteiger partial charge < -0.3 is 4.98 Å². The molecule has 1 aliphatic carbocycles. The first-order valence-electron chi connectivity index (χ1n) is 6.25. The highest BCUT2D eigenvalue weighted by molar-refractivity contribution is 7.71. The number of fused-ring (bicyclic) bond motifs is 1. The highest BCUT2D eigenvalue weighted by Gasteiger charge is 2.15. The lowest BCUT2D eigenvalue weighted by Crippen LogP contribution is -2.06. The van der Waals surface area contributed by atoms with E-state index >= 15 is 0 Å². The van der Waals surface area contributed by atoms with Crippen LogP contribution >= 0.6 is 23.8 Å². The minimum Gasteiger partial charge on any atom is -0.346 e. The number of aromatic nitrogens is 1. The van der Waals surface area contributed by atoms with E-state index in [4.69, 9.17) is 23.8 Å². The molecule has 0 radical (unpaired) electrons. The third kappa shape index (κ3) is 2.23. The number of pyridine rings is 1. The molecule has 2 aromatic rings. The molecule has 1 heterocycles. The number of hydrogen-bond donors (Lipinski definition) is 1. The standard InChI is InChI=1S/C15H14ClNS/c16-12-6-3-5-11(8-12)15-13-7-2-1-4-10(13)9-14(18)17-15/h3,5-6,8-9H,1-2,4,7H2,(H,17,18). The van der Waals surface area contributed by atoms with Gasteiger partial charge in [0.1, 0.15) is 4.64 Å². The molecule has 1 nitrogen and oxygen atoms in total. The Hall–Kier alpha value is -1.12. The second kappa shape index (κ2) is 4.87. The van der Waals surface area contributed by atoms with Crippen LogP contribution in [0.3, 0.4) is 0 Å². The van der Waals surface area contributed by atoms with Crippen LogP contribution in [0.15, 0.2) is 30.3 Å². The van der Waals surface area contributed by atoms with E-state index < -0.39 is 0 Å². The van der Waals surface area contributed by atoms with Gasteiger partial charge in [0.25, 0.3) is 0 Å². The Balaban J connectivity index is 2.22. The van der Waals surface area contributed by atoms with E-state index in [0.29, 0.717) is 0 Å². The molecule has 0 aliphatic heterocycles. The Labute approximate surface area is 117 Å². The molecule has 1 aromatic heterocycles. The molecule has 0 spiro atoms. The van der Waals surface area contributed by atoms with Crippen LogP contribution in [-0.2, 0) is 12.8 Å². The lowest BCUT2D eigenvalue weighted by Gasteiger charge is -2.19. The van der Waals surface area contributed by atoms with Crippen molar-refractivity contribution in [3.63, 3.8) is 0 Å². The molecule has 3 heteroatoms. The smallest absolute Gasteiger partial charge is 0.103 e. The van der Waals surface area contributed by atoms with Crippen LogP contribution in [-0.4, -0.2) is 4.98 Å². The van der Waals surface area contributed by atoms with Crippen molar-refractivity contribution in [1.29, 1.82) is 0 Å². The van der Waals surface area contributed by atoms with Gasteiger partial charge in [-0.1, -0.05) is 36.0 Å². The summed E-state index contributed by atoms with van der Waals surface area (Å²) in [5.74, 6) is 0. The predicted molar refractivity (Wildman–Crippen MR) is 78.7 cm³/mol. The monoisotopic (exact) mass is 275 g/mol. The maximum atomic E-state index is 6.08. The molecule has 1 N–H and O–H groups in total. The maximum Gasteiger partial charge on any atom is 0.103 e. The molecule has 0 bridgehead atoms. The van der Waals surface area contributed by atoms with Gasteiger partial charge in [-0.15, -0.1) is 0 Å². The number of aromatic amines is 1. The summed E-state index contributed by atoms with van der Waals surface area (Å²) in [6.45, 7) is 0. The molecule has 0 saturated carbocycles. The Morgan fingerprint density at radius 3 is 2.78 bits per heavy atom. The fourth-order valence-corrected chi connectivity index (χ4v) is 3.09. The molecule has 1 aliphatic rings. The number of aryl methyl sites for hydroxylation is 1. The van der Waals surface area contributed by atoms with E-state index in [1.807, 2.05) is 18.2 Å². The Morgan fingerprint density at radius 2 is 1.94 bits per heavy atom. The molecule has 0 atom stereocenters. The number of H-pyrrole nitrogens is 1. The Bertz CT molecular complexity index is 645. The zero-order valence-electron chi connectivity index (χ0n) is 10.0. The fourth-order valence-electron chi connectivity index (χ4n) is 2.66. The van der Waals surface area contributed by atoms with Crippen molar-refractivity contribution in [3.05, 3.63) is 51.1 Å². The largest absolute Gasteiger partial charge is 0.346 e. The van der Waals surface area contributed by atoms with Crippen molar-refractivity contribution in [1.82, 2.24) is 4.98 Å². The second-order valence-corrected chi connectivity index (χ2v) is 5.61. The van der Waals surface area contributed by atoms with Crippen molar-refractivity contribution in [2.45, 2.75) is 25.7 Å². The highest BCUT2D eigenvalue weighted by Crippen LogP contribution is 2.31. The molecule has 18 heavy (non-hydrogen) atoms. The van der Waals surface area contributed by atoms with Gasteiger partial charge in [-0.25, -0.2) is 0 Å². The summed E-state index contributed by atoms with van der Waals surface area (Å²) in [4.78, 5) is 3.34. The van der Waals surface area contributed by atoms with Crippen LogP contribution in [0.2, 0.25) is 5.02 Å². The highest BCUT2D eigenvalue weighted by atomic mass is 35.5. The summed E-state index contributed by atoms with van der Waals surface area (Å²) < 4.78 is 0.811. The third-order valence-corrected chi connectivity index (χ3v) is 3.93. The minimum atomic E-state index is 0.764. The fraction of sp³-hybridized carbons (Fsp3) is 0.267. The summed E-state index contributed by atoms with van der Waals surface area (Å²) in [6, 6.07) is 10.1. The van der Waals surface area contributed by atoms with Gasteiger partial charge in [0.05, 0.1) is 0 Å². The average Bonchev–Trinajstić information content (AvgIpc) is 2.37. The van der Waals surface area contributed by atoms with Crippen molar-refractivity contribution < 1.29 is 0 Å². The van der Waals surface area contributed by atoms with Crippen LogP contribution < -0.4 is 0 Å². The molecule has 1 aromatic carbocycles. The number of nitrogens with one attached hydrogen (secondary N) is 1.